The van der Waals surface area contributed by atoms with E-state index in [1.807, 2.05) is 6.92 Å². The van der Waals surface area contributed by atoms with Crippen LogP contribution in [0.25, 0.3) is 0 Å². The molecule has 0 aliphatic rings. The lowest BCUT2D eigenvalue weighted by molar-refractivity contribution is 0.191. The molecule has 0 aliphatic heterocycles. The van der Waals surface area contributed by atoms with E-state index in [0.29, 0.717) is 0 Å². The van der Waals surface area contributed by atoms with Crippen molar-refractivity contribution in [2.24, 2.45) is 5.73 Å². The van der Waals surface area contributed by atoms with Crippen LogP contribution < -0.4 is 5.73 Å². The summed E-state index contributed by atoms with van der Waals surface area (Å²) < 4.78 is 4.89. The highest BCUT2D eigenvalue weighted by molar-refractivity contribution is 4.99. The first-order valence-corrected chi connectivity index (χ1v) is 3.58. The average molecular weight is 143 g/mol. The van der Waals surface area contributed by atoms with Crippen LogP contribution in [0.1, 0.15) is 19.8 Å². The number of nitrogens with two attached hydrogens (primary N) is 1. The van der Waals surface area contributed by atoms with Crippen LogP contribution in [0.4, 0.5) is 0 Å². The standard InChI is InChI=1S/C8H17NO/c1-7(2)8(9)5-4-6-10-3/h8H,1,4-6,9H2,2-3H3. The van der Waals surface area contributed by atoms with Gasteiger partial charge in [-0.1, -0.05) is 12.2 Å². The maximum absolute atomic E-state index is 5.70. The maximum Gasteiger partial charge on any atom is 0.0462 e. The lowest BCUT2D eigenvalue weighted by Crippen LogP contribution is -2.20. The van der Waals surface area contributed by atoms with E-state index in [4.69, 9.17) is 10.5 Å². The average Bonchev–Trinajstić information content (AvgIpc) is 1.88. The van der Waals surface area contributed by atoms with Gasteiger partial charge in [-0.25, -0.2) is 0 Å². The maximum atomic E-state index is 5.70. The molecule has 1 atom stereocenters. The first kappa shape index (κ1) is 9.66. The molecule has 2 heteroatoms. The van der Waals surface area contributed by atoms with E-state index in [2.05, 4.69) is 6.58 Å². The van der Waals surface area contributed by atoms with Gasteiger partial charge in [0.05, 0.1) is 0 Å². The Morgan fingerprint density at radius 1 is 1.70 bits per heavy atom. The number of ether oxygens (including phenoxy) is 1. The minimum absolute atomic E-state index is 0.148. The van der Waals surface area contributed by atoms with Crippen molar-refractivity contribution >= 4 is 0 Å². The normalized spacial score (nSPS) is 13.1. The molecule has 0 aromatic rings. The molecule has 10 heavy (non-hydrogen) atoms. The Morgan fingerprint density at radius 3 is 2.70 bits per heavy atom. The SMILES string of the molecule is C=C(C)C(N)CCCOC. The van der Waals surface area contributed by atoms with Gasteiger partial charge in [0.1, 0.15) is 0 Å². The number of rotatable bonds is 5. The fourth-order valence-electron chi connectivity index (χ4n) is 0.694. The third-order valence-electron chi connectivity index (χ3n) is 1.50. The van der Waals surface area contributed by atoms with Crippen molar-refractivity contribution in [3.63, 3.8) is 0 Å². The highest BCUT2D eigenvalue weighted by atomic mass is 16.5. The molecule has 0 fully saturated rings. The lowest BCUT2D eigenvalue weighted by atomic mass is 10.1. The third kappa shape index (κ3) is 4.53. The van der Waals surface area contributed by atoms with Gasteiger partial charge in [0.2, 0.25) is 0 Å². The fourth-order valence-corrected chi connectivity index (χ4v) is 0.694. The molecule has 1 unspecified atom stereocenters. The zero-order chi connectivity index (χ0) is 7.98. The topological polar surface area (TPSA) is 35.2 Å². The van der Waals surface area contributed by atoms with Gasteiger partial charge in [0.25, 0.3) is 0 Å². The Bertz CT molecular complexity index is 101. The van der Waals surface area contributed by atoms with Crippen LogP contribution in [0.5, 0.6) is 0 Å². The third-order valence-corrected chi connectivity index (χ3v) is 1.50. The van der Waals surface area contributed by atoms with E-state index in [9.17, 15) is 0 Å². The molecule has 0 aromatic heterocycles. The molecule has 0 aliphatic carbocycles. The minimum atomic E-state index is 0.148. The fraction of sp³-hybridized carbons (Fsp3) is 0.750. The van der Waals surface area contributed by atoms with Gasteiger partial charge in [-0.3, -0.25) is 0 Å². The van der Waals surface area contributed by atoms with E-state index in [-0.39, 0.29) is 6.04 Å². The first-order chi connectivity index (χ1) is 4.68. The highest BCUT2D eigenvalue weighted by Gasteiger charge is 2.00. The Hall–Kier alpha value is -0.340. The molecule has 0 bridgehead atoms. The van der Waals surface area contributed by atoms with E-state index < -0.39 is 0 Å². The molecule has 60 valence electrons. The monoisotopic (exact) mass is 143 g/mol. The van der Waals surface area contributed by atoms with Crippen molar-refractivity contribution in [3.8, 4) is 0 Å². The van der Waals surface area contributed by atoms with E-state index in [1.165, 1.54) is 0 Å². The number of methoxy groups -OCH3 is 1. The number of hydrogen-bond donors (Lipinski definition) is 1. The van der Waals surface area contributed by atoms with E-state index in [1.54, 1.807) is 7.11 Å². The molecule has 0 saturated carbocycles. The molecule has 0 aromatic carbocycles. The van der Waals surface area contributed by atoms with Crippen molar-refractivity contribution in [2.75, 3.05) is 13.7 Å². The molecule has 0 radical (unpaired) electrons. The molecule has 0 spiro atoms. The molecular formula is C8H17NO. The van der Waals surface area contributed by atoms with Crippen LogP contribution in [-0.2, 0) is 4.74 Å². The minimum Gasteiger partial charge on any atom is -0.385 e. The van der Waals surface area contributed by atoms with Gasteiger partial charge in [-0.15, -0.1) is 0 Å². The summed E-state index contributed by atoms with van der Waals surface area (Å²) >= 11 is 0. The smallest absolute Gasteiger partial charge is 0.0462 e. The summed E-state index contributed by atoms with van der Waals surface area (Å²) in [5, 5.41) is 0. The van der Waals surface area contributed by atoms with Crippen LogP contribution in [0.2, 0.25) is 0 Å². The van der Waals surface area contributed by atoms with Gasteiger partial charge in [-0.2, -0.15) is 0 Å². The summed E-state index contributed by atoms with van der Waals surface area (Å²) in [5.41, 5.74) is 6.75. The Balaban J connectivity index is 3.21. The zero-order valence-electron chi connectivity index (χ0n) is 6.89. The molecule has 0 amide bonds. The largest absolute Gasteiger partial charge is 0.385 e. The predicted molar refractivity (Wildman–Crippen MR) is 43.9 cm³/mol. The van der Waals surface area contributed by atoms with Crippen LogP contribution in [0, 0.1) is 0 Å². The highest BCUT2D eigenvalue weighted by Crippen LogP contribution is 2.02. The molecule has 2 N–H and O–H groups in total. The van der Waals surface area contributed by atoms with E-state index >= 15 is 0 Å². The summed E-state index contributed by atoms with van der Waals surface area (Å²) in [4.78, 5) is 0. The van der Waals surface area contributed by atoms with Gasteiger partial charge in [-0.05, 0) is 19.8 Å². The number of hydrogen-bond acceptors (Lipinski definition) is 2. The van der Waals surface area contributed by atoms with Crippen LogP contribution in [0.15, 0.2) is 12.2 Å². The van der Waals surface area contributed by atoms with Gasteiger partial charge in [0, 0.05) is 19.8 Å². The quantitative estimate of drug-likeness (QED) is 0.465. The summed E-state index contributed by atoms with van der Waals surface area (Å²) in [5.74, 6) is 0. The predicted octanol–water partition coefficient (Wildman–Crippen LogP) is 1.32. The Morgan fingerprint density at radius 2 is 2.30 bits per heavy atom. The summed E-state index contributed by atoms with van der Waals surface area (Å²) in [6.45, 7) is 6.52. The second-order valence-corrected chi connectivity index (χ2v) is 2.59. The van der Waals surface area contributed by atoms with Crippen molar-refractivity contribution in [1.29, 1.82) is 0 Å². The summed E-state index contributed by atoms with van der Waals surface area (Å²) in [7, 11) is 1.70. The van der Waals surface area contributed by atoms with Gasteiger partial charge >= 0.3 is 0 Å². The molecular weight excluding hydrogens is 126 g/mol. The van der Waals surface area contributed by atoms with Crippen molar-refractivity contribution in [1.82, 2.24) is 0 Å². The van der Waals surface area contributed by atoms with Gasteiger partial charge in [0.15, 0.2) is 0 Å². The first-order valence-electron chi connectivity index (χ1n) is 3.58. The lowest BCUT2D eigenvalue weighted by Gasteiger charge is -2.09. The van der Waals surface area contributed by atoms with Crippen LogP contribution >= 0.6 is 0 Å². The Kier molecular flexibility index (Phi) is 5.26. The van der Waals surface area contributed by atoms with Crippen molar-refractivity contribution in [2.45, 2.75) is 25.8 Å². The molecule has 0 saturated heterocycles. The molecule has 0 rings (SSSR count). The second-order valence-electron chi connectivity index (χ2n) is 2.59. The van der Waals surface area contributed by atoms with Gasteiger partial charge < -0.3 is 10.5 Å². The second kappa shape index (κ2) is 5.45. The van der Waals surface area contributed by atoms with Crippen LogP contribution in [0.3, 0.4) is 0 Å². The van der Waals surface area contributed by atoms with Crippen molar-refractivity contribution < 1.29 is 4.74 Å². The summed E-state index contributed by atoms with van der Waals surface area (Å²) in [6, 6.07) is 0.148. The zero-order valence-corrected chi connectivity index (χ0v) is 6.89. The summed E-state index contributed by atoms with van der Waals surface area (Å²) in [6.07, 6.45) is 1.99. The van der Waals surface area contributed by atoms with Crippen LogP contribution in [-0.4, -0.2) is 19.8 Å². The van der Waals surface area contributed by atoms with E-state index in [0.717, 1.165) is 25.0 Å². The Labute approximate surface area is 63.1 Å². The molecule has 0 heterocycles. The van der Waals surface area contributed by atoms with Crippen molar-refractivity contribution in [3.05, 3.63) is 12.2 Å². The molecule has 2 nitrogen and oxygen atoms in total.